The molecule has 1 aromatic carbocycles. The number of carbonyl (C=O) groups is 1. The molecule has 0 aliphatic rings. The Morgan fingerprint density at radius 2 is 2.00 bits per heavy atom. The molecule has 1 N–H and O–H groups in total. The molecule has 152 valence electrons. The van der Waals surface area contributed by atoms with Gasteiger partial charge < -0.3 is 4.74 Å². The molecule has 0 fully saturated rings. The highest BCUT2D eigenvalue weighted by molar-refractivity contribution is 7.22. The van der Waals surface area contributed by atoms with E-state index in [4.69, 9.17) is 27.9 Å². The monoisotopic (exact) mass is 463 g/mol. The van der Waals surface area contributed by atoms with E-state index in [9.17, 15) is 9.18 Å². The Bertz CT molecular complexity index is 1300. The van der Waals surface area contributed by atoms with Crippen molar-refractivity contribution in [1.82, 2.24) is 19.9 Å². The number of anilines is 1. The zero-order valence-electron chi connectivity index (χ0n) is 15.5. The average Bonchev–Trinajstić information content (AvgIpc) is 3.10. The van der Waals surface area contributed by atoms with Crippen molar-refractivity contribution >= 4 is 55.9 Å². The van der Waals surface area contributed by atoms with Gasteiger partial charge in [-0.3, -0.25) is 15.1 Å². The highest BCUT2D eigenvalue weighted by Crippen LogP contribution is 2.38. The summed E-state index contributed by atoms with van der Waals surface area (Å²) in [5, 5.41) is 2.97. The Morgan fingerprint density at radius 3 is 2.77 bits per heavy atom. The van der Waals surface area contributed by atoms with Gasteiger partial charge in [0.05, 0.1) is 29.5 Å². The average molecular weight is 464 g/mol. The molecule has 0 spiro atoms. The first-order chi connectivity index (χ1) is 14.4. The first kappa shape index (κ1) is 20.4. The van der Waals surface area contributed by atoms with Gasteiger partial charge in [-0.05, 0) is 36.7 Å². The molecule has 1 amide bonds. The molecule has 0 saturated carbocycles. The van der Waals surface area contributed by atoms with Gasteiger partial charge in [0, 0.05) is 17.5 Å². The second-order valence-corrected chi connectivity index (χ2v) is 7.84. The molecule has 3 aromatic heterocycles. The fourth-order valence-corrected chi connectivity index (χ4v) is 3.98. The second-order valence-electron chi connectivity index (χ2n) is 6.11. The van der Waals surface area contributed by atoms with Crippen molar-refractivity contribution in [2.75, 3.05) is 12.4 Å². The van der Waals surface area contributed by atoms with Crippen LogP contribution in [0.15, 0.2) is 30.6 Å². The van der Waals surface area contributed by atoms with E-state index in [1.807, 2.05) is 0 Å². The number of aromatic nitrogens is 4. The van der Waals surface area contributed by atoms with Crippen LogP contribution in [0.5, 0.6) is 5.75 Å². The van der Waals surface area contributed by atoms with Crippen LogP contribution in [0.3, 0.4) is 0 Å². The van der Waals surface area contributed by atoms with Gasteiger partial charge in [0.15, 0.2) is 10.9 Å². The lowest BCUT2D eigenvalue weighted by Crippen LogP contribution is -2.14. The maximum absolute atomic E-state index is 14.9. The molecule has 0 unspecified atom stereocenters. The smallest absolute Gasteiger partial charge is 0.259 e. The lowest BCUT2D eigenvalue weighted by Gasteiger charge is -2.14. The predicted molar refractivity (Wildman–Crippen MR) is 114 cm³/mol. The predicted octanol–water partition coefficient (Wildman–Crippen LogP) is 5.16. The van der Waals surface area contributed by atoms with Crippen molar-refractivity contribution in [2.45, 2.75) is 6.92 Å². The number of methoxy groups -OCH3 is 1. The van der Waals surface area contributed by atoms with Crippen LogP contribution in [-0.2, 0) is 0 Å². The van der Waals surface area contributed by atoms with E-state index in [0.29, 0.717) is 21.6 Å². The van der Waals surface area contributed by atoms with Crippen LogP contribution >= 0.6 is 34.5 Å². The number of carbonyl (C=O) groups excluding carboxylic acids is 1. The first-order valence-electron chi connectivity index (χ1n) is 8.47. The van der Waals surface area contributed by atoms with E-state index in [1.165, 1.54) is 31.6 Å². The molecule has 30 heavy (non-hydrogen) atoms. The van der Waals surface area contributed by atoms with Gasteiger partial charge in [-0.2, -0.15) is 0 Å². The third-order valence-electron chi connectivity index (χ3n) is 4.17. The normalized spacial score (nSPS) is 11.0. The Morgan fingerprint density at radius 1 is 1.20 bits per heavy atom. The van der Waals surface area contributed by atoms with E-state index < -0.39 is 11.7 Å². The summed E-state index contributed by atoms with van der Waals surface area (Å²) in [7, 11) is 1.41. The summed E-state index contributed by atoms with van der Waals surface area (Å²) in [5.74, 6) is -0.987. The maximum atomic E-state index is 14.9. The third-order valence-corrected chi connectivity index (χ3v) is 5.53. The number of aryl methyl sites for hydroxylation is 1. The molecule has 0 aliphatic carbocycles. The van der Waals surface area contributed by atoms with Crippen molar-refractivity contribution in [3.8, 4) is 16.9 Å². The number of halogens is 3. The number of nitrogens with one attached hydrogen (secondary N) is 1. The minimum absolute atomic E-state index is 0.0719. The standard InChI is InChI=1S/C19H12Cl2FN5O2S/c1-8-5-9(14-13(29-2)4-3-11(20)15(14)22)10(6-23-8)16(28)26-19-25-12-7-24-18(21)27-17(12)30-19/h3-7H,1-2H3,(H,25,26,28). The number of benzene rings is 1. The second kappa shape index (κ2) is 8.10. The summed E-state index contributed by atoms with van der Waals surface area (Å²) < 4.78 is 20.2. The summed E-state index contributed by atoms with van der Waals surface area (Å²) in [6.07, 6.45) is 2.83. The summed E-state index contributed by atoms with van der Waals surface area (Å²) >= 11 is 12.9. The maximum Gasteiger partial charge on any atom is 0.259 e. The number of hydrogen-bond donors (Lipinski definition) is 1. The van der Waals surface area contributed by atoms with Crippen LogP contribution in [0.1, 0.15) is 16.1 Å². The van der Waals surface area contributed by atoms with E-state index in [0.717, 1.165) is 11.3 Å². The molecular formula is C19H12Cl2FN5O2S. The topological polar surface area (TPSA) is 89.9 Å². The first-order valence-corrected chi connectivity index (χ1v) is 10.0. The third kappa shape index (κ3) is 3.79. The fraction of sp³-hybridized carbons (Fsp3) is 0.105. The molecule has 0 radical (unpaired) electrons. The van der Waals surface area contributed by atoms with E-state index >= 15 is 0 Å². The van der Waals surface area contributed by atoms with Gasteiger partial charge in [0.1, 0.15) is 16.1 Å². The van der Waals surface area contributed by atoms with Crippen molar-refractivity contribution in [3.63, 3.8) is 0 Å². The molecule has 0 bridgehead atoms. The van der Waals surface area contributed by atoms with E-state index in [2.05, 4.69) is 25.3 Å². The Labute approximate surface area is 183 Å². The Kier molecular flexibility index (Phi) is 5.50. The molecule has 3 heterocycles. The van der Waals surface area contributed by atoms with Gasteiger partial charge >= 0.3 is 0 Å². The lowest BCUT2D eigenvalue weighted by atomic mass is 9.98. The molecule has 0 aliphatic heterocycles. The summed E-state index contributed by atoms with van der Waals surface area (Å²) in [6.45, 7) is 1.73. The fourth-order valence-electron chi connectivity index (χ4n) is 2.83. The number of nitrogens with zero attached hydrogens (tertiary/aromatic N) is 4. The SMILES string of the molecule is COc1ccc(Cl)c(F)c1-c1cc(C)ncc1C(=O)Nc1nc2cnc(Cl)nc2s1. The van der Waals surface area contributed by atoms with Gasteiger partial charge in [-0.25, -0.2) is 19.3 Å². The van der Waals surface area contributed by atoms with Crippen LogP contribution < -0.4 is 10.1 Å². The molecule has 0 saturated heterocycles. The van der Waals surface area contributed by atoms with E-state index in [-0.39, 0.29) is 32.3 Å². The lowest BCUT2D eigenvalue weighted by molar-refractivity contribution is 0.102. The van der Waals surface area contributed by atoms with Gasteiger partial charge in [-0.15, -0.1) is 0 Å². The quantitative estimate of drug-likeness (QED) is 0.420. The van der Waals surface area contributed by atoms with Crippen molar-refractivity contribution < 1.29 is 13.9 Å². The van der Waals surface area contributed by atoms with Crippen LogP contribution in [0.2, 0.25) is 10.3 Å². The molecule has 7 nitrogen and oxygen atoms in total. The molecular weight excluding hydrogens is 452 g/mol. The van der Waals surface area contributed by atoms with Crippen molar-refractivity contribution in [3.05, 3.63) is 58.0 Å². The van der Waals surface area contributed by atoms with Gasteiger partial charge in [-0.1, -0.05) is 22.9 Å². The minimum Gasteiger partial charge on any atom is -0.496 e. The number of rotatable bonds is 4. The summed E-state index contributed by atoms with van der Waals surface area (Å²) in [6, 6.07) is 4.52. The Balaban J connectivity index is 1.78. The molecule has 4 rings (SSSR count). The van der Waals surface area contributed by atoms with Gasteiger partial charge in [0.2, 0.25) is 5.28 Å². The number of hydrogen-bond acceptors (Lipinski definition) is 7. The number of thiazole rings is 1. The van der Waals surface area contributed by atoms with E-state index in [1.54, 1.807) is 13.0 Å². The number of ether oxygens (including phenoxy) is 1. The highest BCUT2D eigenvalue weighted by Gasteiger charge is 2.23. The van der Waals surface area contributed by atoms with Crippen molar-refractivity contribution in [1.29, 1.82) is 0 Å². The van der Waals surface area contributed by atoms with Crippen LogP contribution in [-0.4, -0.2) is 33.0 Å². The van der Waals surface area contributed by atoms with Crippen LogP contribution in [0, 0.1) is 12.7 Å². The number of amides is 1. The zero-order valence-corrected chi connectivity index (χ0v) is 17.9. The van der Waals surface area contributed by atoms with Crippen LogP contribution in [0.4, 0.5) is 9.52 Å². The summed E-state index contributed by atoms with van der Waals surface area (Å²) in [4.78, 5) is 29.9. The van der Waals surface area contributed by atoms with Crippen LogP contribution in [0.25, 0.3) is 21.5 Å². The molecule has 11 heteroatoms. The largest absolute Gasteiger partial charge is 0.496 e. The number of pyridine rings is 1. The number of fused-ring (bicyclic) bond motifs is 1. The molecule has 0 atom stereocenters. The summed E-state index contributed by atoms with van der Waals surface area (Å²) in [5.41, 5.74) is 1.57. The van der Waals surface area contributed by atoms with Gasteiger partial charge in [0.25, 0.3) is 5.91 Å². The molecule has 4 aromatic rings. The van der Waals surface area contributed by atoms with Crippen molar-refractivity contribution in [2.24, 2.45) is 0 Å². The minimum atomic E-state index is -0.694. The zero-order chi connectivity index (χ0) is 21.4. The highest BCUT2D eigenvalue weighted by atomic mass is 35.5. The Hall–Kier alpha value is -2.88.